The van der Waals surface area contributed by atoms with Gasteiger partial charge in [0.25, 0.3) is 0 Å². The Morgan fingerprint density at radius 1 is 1.18 bits per heavy atom. The van der Waals surface area contributed by atoms with Crippen molar-refractivity contribution < 1.29 is 4.79 Å². The van der Waals surface area contributed by atoms with E-state index < -0.39 is 0 Å². The van der Waals surface area contributed by atoms with Crippen LogP contribution in [0.15, 0.2) is 42.0 Å². The quantitative estimate of drug-likeness (QED) is 0.709. The number of rotatable bonds is 4. The zero-order valence-electron chi connectivity index (χ0n) is 11.3. The third kappa shape index (κ3) is 4.99. The van der Waals surface area contributed by atoms with E-state index in [0.717, 1.165) is 6.42 Å². The second-order valence-corrected chi connectivity index (χ2v) is 5.59. The molecule has 0 heterocycles. The van der Waals surface area contributed by atoms with Gasteiger partial charge in [-0.2, -0.15) is 0 Å². The van der Waals surface area contributed by atoms with Crippen molar-refractivity contribution in [2.24, 2.45) is 5.41 Å². The summed E-state index contributed by atoms with van der Waals surface area (Å²) in [4.78, 5) is 11.8. The molecule has 0 aliphatic rings. The maximum absolute atomic E-state index is 11.8. The maximum atomic E-state index is 11.8. The van der Waals surface area contributed by atoms with Gasteiger partial charge in [0.15, 0.2) is 0 Å². The molecule has 0 saturated carbocycles. The Kier molecular flexibility index (Phi) is 4.68. The van der Waals surface area contributed by atoms with Gasteiger partial charge in [-0.15, -0.1) is 0 Å². The molecule has 0 bridgehead atoms. The van der Waals surface area contributed by atoms with Gasteiger partial charge < -0.3 is 0 Å². The largest absolute Gasteiger partial charge is 0.299 e. The molecule has 0 amide bonds. The van der Waals surface area contributed by atoms with Crippen LogP contribution in [0.25, 0.3) is 0 Å². The minimum atomic E-state index is -0.233. The Morgan fingerprint density at radius 3 is 2.29 bits per heavy atom. The second kappa shape index (κ2) is 5.81. The van der Waals surface area contributed by atoms with E-state index in [1.165, 1.54) is 11.1 Å². The summed E-state index contributed by atoms with van der Waals surface area (Å²) in [5, 5.41) is 0. The van der Waals surface area contributed by atoms with Crippen LogP contribution in [0.4, 0.5) is 0 Å². The fourth-order valence-corrected chi connectivity index (χ4v) is 1.56. The van der Waals surface area contributed by atoms with Gasteiger partial charge in [-0.1, -0.05) is 62.8 Å². The van der Waals surface area contributed by atoms with Gasteiger partial charge in [0.1, 0.15) is 5.78 Å². The SMILES string of the molecule is C/C(=C\CC(=O)C(C)(C)C)Cc1ccccc1. The standard InChI is InChI=1S/C16H22O/c1-13(10-11-15(17)16(2,3)4)12-14-8-6-5-7-9-14/h5-10H,11-12H2,1-4H3/b13-10+. The van der Waals surface area contributed by atoms with Crippen molar-refractivity contribution in [3.63, 3.8) is 0 Å². The molecule has 0 fully saturated rings. The third-order valence-corrected chi connectivity index (χ3v) is 2.80. The number of ketones is 1. The molecule has 0 aliphatic heterocycles. The molecule has 0 aliphatic carbocycles. The first-order valence-corrected chi connectivity index (χ1v) is 6.12. The highest BCUT2D eigenvalue weighted by atomic mass is 16.1. The van der Waals surface area contributed by atoms with Gasteiger partial charge in [0.2, 0.25) is 0 Å². The number of Topliss-reactive ketones (excluding diaryl/α,β-unsaturated/α-hetero) is 1. The minimum absolute atomic E-state index is 0.233. The molecule has 0 atom stereocenters. The Morgan fingerprint density at radius 2 is 1.76 bits per heavy atom. The molecule has 0 N–H and O–H groups in total. The summed E-state index contributed by atoms with van der Waals surface area (Å²) in [6.45, 7) is 7.99. The van der Waals surface area contributed by atoms with Gasteiger partial charge in [0, 0.05) is 11.8 Å². The predicted molar refractivity (Wildman–Crippen MR) is 73.0 cm³/mol. The van der Waals surface area contributed by atoms with Crippen molar-refractivity contribution in [2.75, 3.05) is 0 Å². The Balaban J connectivity index is 2.54. The zero-order valence-corrected chi connectivity index (χ0v) is 11.3. The van der Waals surface area contributed by atoms with Gasteiger partial charge >= 0.3 is 0 Å². The van der Waals surface area contributed by atoms with Crippen molar-refractivity contribution >= 4 is 5.78 Å². The summed E-state index contributed by atoms with van der Waals surface area (Å²) in [5.74, 6) is 0.296. The highest BCUT2D eigenvalue weighted by Crippen LogP contribution is 2.18. The normalized spacial score (nSPS) is 12.6. The molecule has 17 heavy (non-hydrogen) atoms. The molecule has 0 saturated heterocycles. The summed E-state index contributed by atoms with van der Waals surface area (Å²) in [6, 6.07) is 10.3. The molecule has 1 rings (SSSR count). The van der Waals surface area contributed by atoms with Gasteiger partial charge in [-0.05, 0) is 18.9 Å². The van der Waals surface area contributed by atoms with Crippen molar-refractivity contribution in [1.29, 1.82) is 0 Å². The number of carbonyl (C=O) groups excluding carboxylic acids is 1. The number of hydrogen-bond acceptors (Lipinski definition) is 1. The van der Waals surface area contributed by atoms with E-state index in [1.54, 1.807) is 0 Å². The smallest absolute Gasteiger partial charge is 0.141 e. The monoisotopic (exact) mass is 230 g/mol. The van der Waals surface area contributed by atoms with E-state index in [0.29, 0.717) is 12.2 Å². The fourth-order valence-electron chi connectivity index (χ4n) is 1.56. The summed E-state index contributed by atoms with van der Waals surface area (Å²) in [7, 11) is 0. The lowest BCUT2D eigenvalue weighted by atomic mass is 9.88. The van der Waals surface area contributed by atoms with Crippen molar-refractivity contribution in [3.05, 3.63) is 47.5 Å². The first-order chi connectivity index (χ1) is 7.89. The molecule has 0 unspecified atom stereocenters. The lowest BCUT2D eigenvalue weighted by molar-refractivity contribution is -0.125. The summed E-state index contributed by atoms with van der Waals surface area (Å²) >= 11 is 0. The van der Waals surface area contributed by atoms with Crippen LogP contribution >= 0.6 is 0 Å². The summed E-state index contributed by atoms with van der Waals surface area (Å²) < 4.78 is 0. The van der Waals surface area contributed by atoms with E-state index in [4.69, 9.17) is 0 Å². The van der Waals surface area contributed by atoms with Crippen LogP contribution in [-0.4, -0.2) is 5.78 Å². The van der Waals surface area contributed by atoms with Gasteiger partial charge in [-0.25, -0.2) is 0 Å². The van der Waals surface area contributed by atoms with E-state index in [-0.39, 0.29) is 5.41 Å². The number of allylic oxidation sites excluding steroid dienone is 2. The summed E-state index contributed by atoms with van der Waals surface area (Å²) in [6.07, 6.45) is 3.53. The highest BCUT2D eigenvalue weighted by molar-refractivity contribution is 5.84. The van der Waals surface area contributed by atoms with Crippen LogP contribution in [0, 0.1) is 5.41 Å². The topological polar surface area (TPSA) is 17.1 Å². The zero-order chi connectivity index (χ0) is 12.9. The maximum Gasteiger partial charge on any atom is 0.141 e. The molecule has 0 aromatic heterocycles. The summed E-state index contributed by atoms with van der Waals surface area (Å²) in [5.41, 5.74) is 2.32. The van der Waals surface area contributed by atoms with Gasteiger partial charge in [-0.3, -0.25) is 4.79 Å². The lowest BCUT2D eigenvalue weighted by Gasteiger charge is -2.15. The van der Waals surface area contributed by atoms with Crippen LogP contribution < -0.4 is 0 Å². The van der Waals surface area contributed by atoms with Crippen LogP contribution in [0.3, 0.4) is 0 Å². The molecule has 1 aromatic rings. The van der Waals surface area contributed by atoms with Gasteiger partial charge in [0.05, 0.1) is 0 Å². The molecule has 1 nitrogen and oxygen atoms in total. The predicted octanol–water partition coefficient (Wildman–Crippen LogP) is 4.18. The first kappa shape index (κ1) is 13.7. The van der Waals surface area contributed by atoms with E-state index in [1.807, 2.05) is 39.0 Å². The average Bonchev–Trinajstić information content (AvgIpc) is 2.26. The van der Waals surface area contributed by atoms with Crippen molar-refractivity contribution in [2.45, 2.75) is 40.5 Å². The fraction of sp³-hybridized carbons (Fsp3) is 0.438. The van der Waals surface area contributed by atoms with E-state index >= 15 is 0 Å². The first-order valence-electron chi connectivity index (χ1n) is 6.12. The molecular weight excluding hydrogens is 208 g/mol. The molecule has 0 radical (unpaired) electrons. The Bertz CT molecular complexity index is 393. The number of benzene rings is 1. The third-order valence-electron chi connectivity index (χ3n) is 2.80. The second-order valence-electron chi connectivity index (χ2n) is 5.59. The molecule has 0 spiro atoms. The van der Waals surface area contributed by atoms with Crippen LogP contribution in [0.5, 0.6) is 0 Å². The van der Waals surface area contributed by atoms with Crippen molar-refractivity contribution in [3.8, 4) is 0 Å². The van der Waals surface area contributed by atoms with Crippen LogP contribution in [-0.2, 0) is 11.2 Å². The molecular formula is C16H22O. The van der Waals surface area contributed by atoms with E-state index in [9.17, 15) is 4.79 Å². The molecule has 1 heteroatoms. The Hall–Kier alpha value is -1.37. The number of hydrogen-bond donors (Lipinski definition) is 0. The Labute approximate surface area is 105 Å². The van der Waals surface area contributed by atoms with Crippen LogP contribution in [0.2, 0.25) is 0 Å². The average molecular weight is 230 g/mol. The van der Waals surface area contributed by atoms with E-state index in [2.05, 4.69) is 25.1 Å². The highest BCUT2D eigenvalue weighted by Gasteiger charge is 2.19. The number of carbonyl (C=O) groups is 1. The molecule has 92 valence electrons. The van der Waals surface area contributed by atoms with Crippen molar-refractivity contribution in [1.82, 2.24) is 0 Å². The van der Waals surface area contributed by atoms with Crippen LogP contribution in [0.1, 0.15) is 39.7 Å². The lowest BCUT2D eigenvalue weighted by Crippen LogP contribution is -2.19. The minimum Gasteiger partial charge on any atom is -0.299 e. The molecule has 1 aromatic carbocycles.